The van der Waals surface area contributed by atoms with Crippen LogP contribution in [0.5, 0.6) is 5.75 Å². The molecule has 25 heavy (non-hydrogen) atoms. The summed E-state index contributed by atoms with van der Waals surface area (Å²) in [5, 5.41) is 0. The topological polar surface area (TPSA) is 38.2 Å². The van der Waals surface area contributed by atoms with Crippen LogP contribution in [0.1, 0.15) is 24.0 Å². The monoisotopic (exact) mass is 403 g/mol. The number of nitrogens with zero attached hydrogens (tertiary/aromatic N) is 3. The standard InChI is InChI=1S/C18H21N3O.3ClH/c1-21-10-2-3-17(21)14-22-18-11-16(12-20-13-18)5-4-15-6-8-19-9-7-15;;;/h4-9,11-13,17H,2-3,10,14H2,1H3;3*1H/b5-4+;;;/t17-;;;/m0.../s1. The van der Waals surface area contributed by atoms with Crippen molar-refractivity contribution in [1.82, 2.24) is 14.9 Å². The Morgan fingerprint density at radius 3 is 2.48 bits per heavy atom. The number of hydrogen-bond acceptors (Lipinski definition) is 4. The van der Waals surface area contributed by atoms with Gasteiger partial charge in [-0.3, -0.25) is 9.97 Å². The molecule has 1 atom stereocenters. The molecule has 0 aromatic carbocycles. The van der Waals surface area contributed by atoms with Crippen LogP contribution in [0.25, 0.3) is 12.2 Å². The number of ether oxygens (including phenoxy) is 1. The predicted molar refractivity (Wildman–Crippen MR) is 110 cm³/mol. The first-order valence-corrected chi connectivity index (χ1v) is 7.67. The van der Waals surface area contributed by atoms with Gasteiger partial charge in [0.05, 0.1) is 6.20 Å². The van der Waals surface area contributed by atoms with Gasteiger partial charge >= 0.3 is 0 Å². The summed E-state index contributed by atoms with van der Waals surface area (Å²) in [7, 11) is 2.16. The number of pyridine rings is 2. The molecule has 0 bridgehead atoms. The maximum absolute atomic E-state index is 5.90. The van der Waals surface area contributed by atoms with Gasteiger partial charge in [-0.1, -0.05) is 12.2 Å². The minimum Gasteiger partial charge on any atom is -0.490 e. The van der Waals surface area contributed by atoms with E-state index in [1.807, 2.05) is 36.5 Å². The van der Waals surface area contributed by atoms with E-state index in [0.717, 1.165) is 23.5 Å². The van der Waals surface area contributed by atoms with Crippen LogP contribution >= 0.6 is 37.2 Å². The number of aromatic nitrogens is 2. The fourth-order valence-electron chi connectivity index (χ4n) is 2.65. The second-order valence-corrected chi connectivity index (χ2v) is 5.66. The van der Waals surface area contributed by atoms with Gasteiger partial charge < -0.3 is 9.64 Å². The second kappa shape index (κ2) is 12.1. The number of rotatable bonds is 5. The third-order valence-corrected chi connectivity index (χ3v) is 4.02. The van der Waals surface area contributed by atoms with Crippen molar-refractivity contribution in [1.29, 1.82) is 0 Å². The van der Waals surface area contributed by atoms with Gasteiger partial charge in [-0.2, -0.15) is 0 Å². The molecule has 0 N–H and O–H groups in total. The summed E-state index contributed by atoms with van der Waals surface area (Å²) < 4.78 is 5.90. The minimum absolute atomic E-state index is 0. The Bertz CT molecular complexity index is 640. The quantitative estimate of drug-likeness (QED) is 0.741. The van der Waals surface area contributed by atoms with Gasteiger partial charge in [-0.05, 0) is 55.8 Å². The highest BCUT2D eigenvalue weighted by atomic mass is 35.5. The van der Waals surface area contributed by atoms with Crippen LogP contribution in [-0.4, -0.2) is 41.1 Å². The van der Waals surface area contributed by atoms with Crippen molar-refractivity contribution < 1.29 is 4.74 Å². The zero-order valence-corrected chi connectivity index (χ0v) is 16.5. The van der Waals surface area contributed by atoms with Gasteiger partial charge in [0.2, 0.25) is 0 Å². The second-order valence-electron chi connectivity index (χ2n) is 5.66. The van der Waals surface area contributed by atoms with Crippen LogP contribution in [-0.2, 0) is 0 Å². The van der Waals surface area contributed by atoms with E-state index in [1.165, 1.54) is 19.4 Å². The summed E-state index contributed by atoms with van der Waals surface area (Å²) in [6, 6.07) is 6.50. The van der Waals surface area contributed by atoms with Crippen LogP contribution in [0.2, 0.25) is 0 Å². The molecule has 4 nitrogen and oxygen atoms in total. The maximum Gasteiger partial charge on any atom is 0.138 e. The SMILES string of the molecule is CN1CCC[C@H]1COc1cncc(/C=C/c2ccncc2)c1.Cl.Cl.Cl. The number of likely N-dealkylation sites (tertiary alicyclic amines) is 1. The minimum atomic E-state index is 0. The van der Waals surface area contributed by atoms with Crippen molar-refractivity contribution in [2.24, 2.45) is 0 Å². The molecule has 1 aliphatic rings. The maximum atomic E-state index is 5.90. The van der Waals surface area contributed by atoms with Crippen molar-refractivity contribution >= 4 is 49.4 Å². The molecule has 1 saturated heterocycles. The van der Waals surface area contributed by atoms with Gasteiger partial charge in [-0.15, -0.1) is 37.2 Å². The lowest BCUT2D eigenvalue weighted by Crippen LogP contribution is -2.30. The lowest BCUT2D eigenvalue weighted by atomic mass is 10.2. The average Bonchev–Trinajstić information content (AvgIpc) is 2.98. The summed E-state index contributed by atoms with van der Waals surface area (Å²) in [4.78, 5) is 10.6. The van der Waals surface area contributed by atoms with Gasteiger partial charge in [0.15, 0.2) is 0 Å². The lowest BCUT2D eigenvalue weighted by Gasteiger charge is -2.19. The Hall–Kier alpha value is -1.33. The lowest BCUT2D eigenvalue weighted by molar-refractivity contribution is 0.198. The highest BCUT2D eigenvalue weighted by Crippen LogP contribution is 2.18. The van der Waals surface area contributed by atoms with Gasteiger partial charge in [0.25, 0.3) is 0 Å². The first-order chi connectivity index (χ1) is 10.8. The molecule has 0 amide bonds. The Morgan fingerprint density at radius 1 is 1.08 bits per heavy atom. The van der Waals surface area contributed by atoms with E-state index >= 15 is 0 Å². The Morgan fingerprint density at radius 2 is 1.80 bits per heavy atom. The molecule has 0 radical (unpaired) electrons. The van der Waals surface area contributed by atoms with E-state index in [-0.39, 0.29) is 37.2 Å². The smallest absolute Gasteiger partial charge is 0.138 e. The van der Waals surface area contributed by atoms with Crippen LogP contribution in [0.15, 0.2) is 43.0 Å². The van der Waals surface area contributed by atoms with E-state index in [4.69, 9.17) is 4.74 Å². The Labute approximate surface area is 167 Å². The normalized spacial score (nSPS) is 16.6. The molecular formula is C18H24Cl3N3O. The molecule has 7 heteroatoms. The van der Waals surface area contributed by atoms with E-state index in [2.05, 4.69) is 21.9 Å². The zero-order chi connectivity index (χ0) is 15.2. The summed E-state index contributed by atoms with van der Waals surface area (Å²) in [5.41, 5.74) is 2.16. The predicted octanol–water partition coefficient (Wildman–Crippen LogP) is 4.39. The van der Waals surface area contributed by atoms with Crippen molar-refractivity contribution in [3.05, 3.63) is 54.1 Å². The number of halogens is 3. The van der Waals surface area contributed by atoms with E-state index < -0.39 is 0 Å². The van der Waals surface area contributed by atoms with Crippen molar-refractivity contribution in [2.45, 2.75) is 18.9 Å². The molecule has 0 saturated carbocycles. The van der Waals surface area contributed by atoms with E-state index in [0.29, 0.717) is 6.04 Å². The highest BCUT2D eigenvalue weighted by Gasteiger charge is 2.21. The van der Waals surface area contributed by atoms with E-state index in [1.54, 1.807) is 18.6 Å². The van der Waals surface area contributed by atoms with Crippen molar-refractivity contribution in [2.75, 3.05) is 20.2 Å². The third-order valence-electron chi connectivity index (χ3n) is 4.02. The zero-order valence-electron chi connectivity index (χ0n) is 14.1. The highest BCUT2D eigenvalue weighted by molar-refractivity contribution is 5.86. The summed E-state index contributed by atoms with van der Waals surface area (Å²) >= 11 is 0. The molecule has 1 fully saturated rings. The van der Waals surface area contributed by atoms with Crippen LogP contribution in [0.4, 0.5) is 0 Å². The Kier molecular flexibility index (Phi) is 11.4. The fraction of sp³-hybridized carbons (Fsp3) is 0.333. The van der Waals surface area contributed by atoms with Crippen LogP contribution < -0.4 is 4.74 Å². The largest absolute Gasteiger partial charge is 0.490 e. The summed E-state index contributed by atoms with van der Waals surface area (Å²) in [5.74, 6) is 0.831. The summed E-state index contributed by atoms with van der Waals surface area (Å²) in [6.45, 7) is 1.90. The fourth-order valence-corrected chi connectivity index (χ4v) is 2.65. The van der Waals surface area contributed by atoms with Crippen molar-refractivity contribution in [3.8, 4) is 5.75 Å². The molecular weight excluding hydrogens is 381 g/mol. The van der Waals surface area contributed by atoms with Crippen LogP contribution in [0, 0.1) is 0 Å². The molecule has 0 unspecified atom stereocenters. The molecule has 2 aromatic heterocycles. The van der Waals surface area contributed by atoms with Gasteiger partial charge in [0, 0.05) is 24.6 Å². The van der Waals surface area contributed by atoms with Crippen LogP contribution in [0.3, 0.4) is 0 Å². The molecule has 3 rings (SSSR count). The average molecular weight is 405 g/mol. The number of likely N-dealkylation sites (N-methyl/N-ethyl adjacent to an activating group) is 1. The molecule has 3 heterocycles. The summed E-state index contributed by atoms with van der Waals surface area (Å²) in [6.07, 6.45) is 13.8. The molecule has 0 spiro atoms. The van der Waals surface area contributed by atoms with E-state index in [9.17, 15) is 0 Å². The van der Waals surface area contributed by atoms with Crippen molar-refractivity contribution in [3.63, 3.8) is 0 Å². The molecule has 0 aliphatic carbocycles. The van der Waals surface area contributed by atoms with Gasteiger partial charge in [0.1, 0.15) is 12.4 Å². The molecule has 2 aromatic rings. The van der Waals surface area contributed by atoms with Gasteiger partial charge in [-0.25, -0.2) is 0 Å². The third kappa shape index (κ3) is 7.20. The molecule has 138 valence electrons. The Balaban J connectivity index is 0.00000192. The first kappa shape index (κ1) is 23.7. The molecule has 1 aliphatic heterocycles. The number of hydrogen-bond donors (Lipinski definition) is 0. The first-order valence-electron chi connectivity index (χ1n) is 7.67.